The van der Waals surface area contributed by atoms with Gasteiger partial charge in [0, 0.05) is 40.3 Å². The SMILES string of the molecule is CC1(C)CC(C=O)C2CN(c3ccc(F)cc3)C(c3ccc(Br)cc3)N(c3ccccc3)C2C1. The third-order valence-corrected chi connectivity index (χ3v) is 8.00. The summed E-state index contributed by atoms with van der Waals surface area (Å²) in [6, 6.07) is 25.9. The maximum atomic E-state index is 13.9. The minimum absolute atomic E-state index is 0.0196. The van der Waals surface area contributed by atoms with Crippen LogP contribution in [0.5, 0.6) is 0 Å². The first-order valence-electron chi connectivity index (χ1n) is 11.9. The minimum Gasteiger partial charge on any atom is -0.347 e. The van der Waals surface area contributed by atoms with E-state index in [4.69, 9.17) is 0 Å². The third-order valence-electron chi connectivity index (χ3n) is 7.47. The van der Waals surface area contributed by atoms with Crippen molar-refractivity contribution in [3.63, 3.8) is 0 Å². The molecule has 176 valence electrons. The summed E-state index contributed by atoms with van der Waals surface area (Å²) in [5, 5.41) is 0. The lowest BCUT2D eigenvalue weighted by atomic mass is 9.63. The fourth-order valence-corrected chi connectivity index (χ4v) is 6.30. The van der Waals surface area contributed by atoms with Crippen molar-refractivity contribution >= 4 is 33.6 Å². The van der Waals surface area contributed by atoms with Crippen LogP contribution in [0.2, 0.25) is 0 Å². The molecule has 34 heavy (non-hydrogen) atoms. The Labute approximate surface area is 209 Å². The Hall–Kier alpha value is -2.66. The van der Waals surface area contributed by atoms with Gasteiger partial charge in [-0.2, -0.15) is 0 Å². The largest absolute Gasteiger partial charge is 0.347 e. The first-order valence-corrected chi connectivity index (χ1v) is 12.7. The number of halogens is 2. The molecule has 1 saturated carbocycles. The second-order valence-electron chi connectivity index (χ2n) is 10.4. The highest BCUT2D eigenvalue weighted by atomic mass is 79.9. The van der Waals surface area contributed by atoms with Crippen molar-refractivity contribution in [1.29, 1.82) is 0 Å². The zero-order chi connectivity index (χ0) is 23.9. The second kappa shape index (κ2) is 9.18. The topological polar surface area (TPSA) is 23.6 Å². The number of para-hydroxylation sites is 1. The fourth-order valence-electron chi connectivity index (χ4n) is 6.03. The predicted molar refractivity (Wildman–Crippen MR) is 139 cm³/mol. The summed E-state index contributed by atoms with van der Waals surface area (Å²) in [6.45, 7) is 5.31. The van der Waals surface area contributed by atoms with Crippen molar-refractivity contribution in [2.24, 2.45) is 17.3 Å². The molecule has 1 heterocycles. The summed E-state index contributed by atoms with van der Waals surface area (Å²) in [4.78, 5) is 17.2. The van der Waals surface area contributed by atoms with Crippen LogP contribution in [0.4, 0.5) is 15.8 Å². The predicted octanol–water partition coefficient (Wildman–Crippen LogP) is 7.23. The quantitative estimate of drug-likeness (QED) is 0.339. The molecule has 3 nitrogen and oxygen atoms in total. The first-order chi connectivity index (χ1) is 16.4. The molecule has 4 atom stereocenters. The summed E-state index contributed by atoms with van der Waals surface area (Å²) < 4.78 is 14.9. The molecule has 0 amide bonds. The van der Waals surface area contributed by atoms with E-state index in [2.05, 4.69) is 88.1 Å². The van der Waals surface area contributed by atoms with Crippen LogP contribution in [0.3, 0.4) is 0 Å². The van der Waals surface area contributed by atoms with Crippen molar-refractivity contribution < 1.29 is 9.18 Å². The van der Waals surface area contributed by atoms with Crippen molar-refractivity contribution in [1.82, 2.24) is 0 Å². The Bertz CT molecular complexity index is 1130. The Morgan fingerprint density at radius 2 is 1.59 bits per heavy atom. The molecule has 5 rings (SSSR count). The number of hydrogen-bond donors (Lipinski definition) is 0. The van der Waals surface area contributed by atoms with Crippen LogP contribution in [0, 0.1) is 23.1 Å². The van der Waals surface area contributed by atoms with Crippen LogP contribution in [0.1, 0.15) is 38.4 Å². The molecule has 1 aliphatic carbocycles. The van der Waals surface area contributed by atoms with Gasteiger partial charge in [-0.15, -0.1) is 0 Å². The van der Waals surface area contributed by atoms with Gasteiger partial charge in [-0.05, 0) is 72.4 Å². The van der Waals surface area contributed by atoms with Crippen molar-refractivity contribution in [3.8, 4) is 0 Å². The van der Waals surface area contributed by atoms with Crippen LogP contribution in [0.15, 0.2) is 83.3 Å². The van der Waals surface area contributed by atoms with Gasteiger partial charge in [0.25, 0.3) is 0 Å². The summed E-state index contributed by atoms with van der Waals surface area (Å²) in [5.74, 6) is -0.0832. The van der Waals surface area contributed by atoms with E-state index in [-0.39, 0.29) is 35.3 Å². The molecule has 0 spiro atoms. The fraction of sp³-hybridized carbons (Fsp3) is 0.345. The number of hydrogen-bond acceptors (Lipinski definition) is 3. The third kappa shape index (κ3) is 4.38. The van der Waals surface area contributed by atoms with Gasteiger partial charge < -0.3 is 14.6 Å². The van der Waals surface area contributed by atoms with E-state index >= 15 is 0 Å². The molecule has 5 heteroatoms. The molecule has 3 aromatic rings. The zero-order valence-corrected chi connectivity index (χ0v) is 21.2. The highest BCUT2D eigenvalue weighted by Crippen LogP contribution is 2.51. The molecule has 0 radical (unpaired) electrons. The number of aldehydes is 1. The Balaban J connectivity index is 1.71. The highest BCUT2D eigenvalue weighted by Gasteiger charge is 2.50. The minimum atomic E-state index is -0.246. The molecule has 0 N–H and O–H groups in total. The van der Waals surface area contributed by atoms with Gasteiger partial charge in [0.2, 0.25) is 0 Å². The lowest BCUT2D eigenvalue weighted by Crippen LogP contribution is -2.62. The van der Waals surface area contributed by atoms with Crippen LogP contribution in [0.25, 0.3) is 0 Å². The average molecular weight is 521 g/mol. The summed E-state index contributed by atoms with van der Waals surface area (Å²) in [6.07, 6.45) is 3.00. The molecule has 2 fully saturated rings. The number of carbonyl (C=O) groups is 1. The van der Waals surface area contributed by atoms with Crippen molar-refractivity contribution in [2.45, 2.75) is 38.9 Å². The Morgan fingerprint density at radius 3 is 2.24 bits per heavy atom. The second-order valence-corrected chi connectivity index (χ2v) is 11.3. The van der Waals surface area contributed by atoms with E-state index < -0.39 is 0 Å². The number of benzene rings is 3. The summed E-state index contributed by atoms with van der Waals surface area (Å²) in [5.41, 5.74) is 3.34. The standard InChI is InChI=1S/C29H30BrFN2O/c1-29(2)16-21(19-34)26-18-32(24-14-12-23(31)13-15-24)28(20-8-10-22(30)11-9-20)33(27(26)17-29)25-6-4-3-5-7-25/h3-15,19,21,26-28H,16-18H2,1-2H3. The van der Waals surface area contributed by atoms with Gasteiger partial charge in [-0.1, -0.05) is 60.1 Å². The zero-order valence-electron chi connectivity index (χ0n) is 19.6. The van der Waals surface area contributed by atoms with E-state index in [1.165, 1.54) is 24.0 Å². The number of anilines is 2. The van der Waals surface area contributed by atoms with Gasteiger partial charge in [-0.3, -0.25) is 0 Å². The van der Waals surface area contributed by atoms with Crippen molar-refractivity contribution in [2.75, 3.05) is 16.3 Å². The molecule has 4 unspecified atom stereocenters. The molecule has 0 aromatic heterocycles. The Morgan fingerprint density at radius 1 is 0.912 bits per heavy atom. The van der Waals surface area contributed by atoms with Gasteiger partial charge >= 0.3 is 0 Å². The molecule has 1 saturated heterocycles. The summed E-state index contributed by atoms with van der Waals surface area (Å²) >= 11 is 3.58. The van der Waals surface area contributed by atoms with E-state index in [0.29, 0.717) is 0 Å². The van der Waals surface area contributed by atoms with Gasteiger partial charge in [0.05, 0.1) is 0 Å². The lowest BCUT2D eigenvalue weighted by Gasteiger charge is -2.59. The smallest absolute Gasteiger partial charge is 0.128 e. The lowest BCUT2D eigenvalue weighted by molar-refractivity contribution is -0.115. The van der Waals surface area contributed by atoms with Crippen LogP contribution in [-0.4, -0.2) is 18.9 Å². The van der Waals surface area contributed by atoms with Gasteiger partial charge in [0.15, 0.2) is 0 Å². The van der Waals surface area contributed by atoms with E-state index in [9.17, 15) is 9.18 Å². The number of carbonyl (C=O) groups excluding carboxylic acids is 1. The van der Waals surface area contributed by atoms with Crippen LogP contribution >= 0.6 is 15.9 Å². The van der Waals surface area contributed by atoms with Crippen LogP contribution < -0.4 is 9.80 Å². The van der Waals surface area contributed by atoms with E-state index in [1.807, 2.05) is 18.2 Å². The number of rotatable bonds is 4. The first kappa shape index (κ1) is 23.1. The monoisotopic (exact) mass is 520 g/mol. The summed E-state index contributed by atoms with van der Waals surface area (Å²) in [7, 11) is 0. The highest BCUT2D eigenvalue weighted by molar-refractivity contribution is 9.10. The number of fused-ring (bicyclic) bond motifs is 1. The number of nitrogens with zero attached hydrogens (tertiary/aromatic N) is 2. The van der Waals surface area contributed by atoms with Gasteiger partial charge in [-0.25, -0.2) is 4.39 Å². The maximum Gasteiger partial charge on any atom is 0.128 e. The van der Waals surface area contributed by atoms with Gasteiger partial charge in [0.1, 0.15) is 18.3 Å². The molecule has 0 bridgehead atoms. The normalized spacial score (nSPS) is 26.1. The Kier molecular flexibility index (Phi) is 6.24. The molecule has 3 aromatic carbocycles. The maximum absolute atomic E-state index is 13.9. The average Bonchev–Trinajstić information content (AvgIpc) is 2.83. The molecular formula is C29H30BrFN2O. The van der Waals surface area contributed by atoms with Crippen molar-refractivity contribution in [3.05, 3.63) is 94.7 Å². The van der Waals surface area contributed by atoms with E-state index in [0.717, 1.165) is 35.2 Å². The van der Waals surface area contributed by atoms with E-state index in [1.54, 1.807) is 0 Å². The van der Waals surface area contributed by atoms with Crippen LogP contribution in [-0.2, 0) is 4.79 Å². The molecular weight excluding hydrogens is 491 g/mol. The molecule has 2 aliphatic rings. The molecule has 1 aliphatic heterocycles.